The number of carbonyl (C=O) groups is 2. The highest BCUT2D eigenvalue weighted by molar-refractivity contribution is 8.17. The summed E-state index contributed by atoms with van der Waals surface area (Å²) in [5, 5.41) is 0.832. The standard InChI is InChI=1S/C16H17NO2S/c1-11-7-5-6-10-17-14(18)13(16(19)20-15(11)17)12-8-3-2-4-9-12/h2-4,8-9,13H,5-7,10H2,1H3. The summed E-state index contributed by atoms with van der Waals surface area (Å²) in [6, 6.07) is 9.37. The van der Waals surface area contributed by atoms with E-state index < -0.39 is 5.92 Å². The molecule has 2 heterocycles. The quantitative estimate of drug-likeness (QED) is 0.744. The monoisotopic (exact) mass is 287 g/mol. The van der Waals surface area contributed by atoms with Gasteiger partial charge in [-0.15, -0.1) is 0 Å². The molecule has 0 bridgehead atoms. The molecule has 2 aliphatic heterocycles. The smallest absolute Gasteiger partial charge is 0.243 e. The second kappa shape index (κ2) is 5.44. The Morgan fingerprint density at radius 3 is 2.65 bits per heavy atom. The second-order valence-corrected chi connectivity index (χ2v) is 6.29. The number of rotatable bonds is 1. The predicted octanol–water partition coefficient (Wildman–Crippen LogP) is 3.29. The number of allylic oxidation sites excluding steroid dienone is 1. The highest BCUT2D eigenvalue weighted by Gasteiger charge is 2.40. The molecular formula is C16H17NO2S. The third-order valence-electron chi connectivity index (χ3n) is 3.87. The van der Waals surface area contributed by atoms with Crippen LogP contribution < -0.4 is 0 Å². The van der Waals surface area contributed by atoms with E-state index in [2.05, 4.69) is 0 Å². The normalized spacial score (nSPS) is 23.6. The van der Waals surface area contributed by atoms with Crippen LogP contribution in [0.5, 0.6) is 0 Å². The van der Waals surface area contributed by atoms with Crippen LogP contribution in [0.2, 0.25) is 0 Å². The van der Waals surface area contributed by atoms with Gasteiger partial charge < -0.3 is 4.90 Å². The fourth-order valence-corrected chi connectivity index (χ4v) is 3.90. The van der Waals surface area contributed by atoms with Crippen molar-refractivity contribution in [3.05, 3.63) is 46.5 Å². The van der Waals surface area contributed by atoms with E-state index in [1.807, 2.05) is 42.2 Å². The van der Waals surface area contributed by atoms with Gasteiger partial charge in [-0.1, -0.05) is 30.3 Å². The van der Waals surface area contributed by atoms with Gasteiger partial charge in [0.25, 0.3) is 0 Å². The summed E-state index contributed by atoms with van der Waals surface area (Å²) >= 11 is 1.24. The molecule has 3 rings (SSSR count). The fourth-order valence-electron chi connectivity index (χ4n) is 2.79. The van der Waals surface area contributed by atoms with Gasteiger partial charge in [0.2, 0.25) is 11.0 Å². The van der Waals surface area contributed by atoms with Crippen LogP contribution in [0.25, 0.3) is 0 Å². The van der Waals surface area contributed by atoms with E-state index in [1.54, 1.807) is 0 Å². The van der Waals surface area contributed by atoms with Gasteiger partial charge in [0.1, 0.15) is 5.92 Å². The maximum atomic E-state index is 12.7. The van der Waals surface area contributed by atoms with Gasteiger partial charge >= 0.3 is 0 Å². The van der Waals surface area contributed by atoms with Gasteiger partial charge in [0.15, 0.2) is 0 Å². The molecule has 1 fully saturated rings. The minimum Gasteiger partial charge on any atom is -0.306 e. The van der Waals surface area contributed by atoms with Crippen molar-refractivity contribution < 1.29 is 9.59 Å². The van der Waals surface area contributed by atoms with Crippen LogP contribution in [0.15, 0.2) is 40.9 Å². The van der Waals surface area contributed by atoms with Gasteiger partial charge in [-0.3, -0.25) is 9.59 Å². The Morgan fingerprint density at radius 1 is 1.15 bits per heavy atom. The van der Waals surface area contributed by atoms with Crippen molar-refractivity contribution in [1.82, 2.24) is 4.90 Å². The molecule has 104 valence electrons. The molecule has 0 saturated carbocycles. The third-order valence-corrected chi connectivity index (χ3v) is 5.07. The summed E-state index contributed by atoms with van der Waals surface area (Å²) in [5.74, 6) is -0.702. The van der Waals surface area contributed by atoms with Gasteiger partial charge in [-0.05, 0) is 49.1 Å². The summed E-state index contributed by atoms with van der Waals surface area (Å²) in [6.07, 6.45) is 3.07. The van der Waals surface area contributed by atoms with Gasteiger partial charge in [0, 0.05) is 6.54 Å². The third kappa shape index (κ3) is 2.29. The molecule has 0 spiro atoms. The molecule has 0 N–H and O–H groups in total. The molecule has 1 amide bonds. The SMILES string of the molecule is CC1=C2SC(=O)C(c3ccccc3)C(=O)N2CCCC1. The number of hydrogen-bond donors (Lipinski definition) is 0. The first-order valence-electron chi connectivity index (χ1n) is 6.96. The molecule has 0 radical (unpaired) electrons. The number of thioether (sulfide) groups is 1. The second-order valence-electron chi connectivity index (χ2n) is 5.30. The lowest BCUT2D eigenvalue weighted by atomic mass is 9.98. The van der Waals surface area contributed by atoms with Crippen LogP contribution in [0.4, 0.5) is 0 Å². The Labute approximate surface area is 123 Å². The van der Waals surface area contributed by atoms with Crippen LogP contribution in [0.3, 0.4) is 0 Å². The molecule has 1 atom stereocenters. The predicted molar refractivity (Wildman–Crippen MR) is 80.0 cm³/mol. The Kier molecular flexibility index (Phi) is 3.66. The van der Waals surface area contributed by atoms with E-state index in [0.29, 0.717) is 0 Å². The van der Waals surface area contributed by atoms with E-state index in [4.69, 9.17) is 0 Å². The van der Waals surface area contributed by atoms with Crippen molar-refractivity contribution in [3.63, 3.8) is 0 Å². The molecule has 0 aliphatic carbocycles. The molecule has 1 unspecified atom stereocenters. The lowest BCUT2D eigenvalue weighted by molar-refractivity contribution is -0.134. The molecule has 1 saturated heterocycles. The van der Waals surface area contributed by atoms with E-state index in [0.717, 1.165) is 36.4 Å². The summed E-state index contributed by atoms with van der Waals surface area (Å²) < 4.78 is 0. The topological polar surface area (TPSA) is 37.4 Å². The fraction of sp³-hybridized carbons (Fsp3) is 0.375. The first-order chi connectivity index (χ1) is 9.68. The highest BCUT2D eigenvalue weighted by Crippen LogP contribution is 2.41. The van der Waals surface area contributed by atoms with Crippen molar-refractivity contribution in [2.75, 3.05) is 6.54 Å². The van der Waals surface area contributed by atoms with Gasteiger partial charge in [-0.25, -0.2) is 0 Å². The Balaban J connectivity index is 1.99. The highest BCUT2D eigenvalue weighted by atomic mass is 32.2. The lowest BCUT2D eigenvalue weighted by Gasteiger charge is -2.33. The molecule has 3 nitrogen and oxygen atoms in total. The average Bonchev–Trinajstić information content (AvgIpc) is 2.63. The van der Waals surface area contributed by atoms with Crippen LogP contribution in [0, 0.1) is 0 Å². The van der Waals surface area contributed by atoms with E-state index in [9.17, 15) is 9.59 Å². The number of carbonyl (C=O) groups excluding carboxylic acids is 2. The summed E-state index contributed by atoms with van der Waals surface area (Å²) in [4.78, 5) is 27.0. The number of benzene rings is 1. The van der Waals surface area contributed by atoms with Crippen molar-refractivity contribution in [2.24, 2.45) is 0 Å². The average molecular weight is 287 g/mol. The maximum absolute atomic E-state index is 12.7. The van der Waals surface area contributed by atoms with E-state index >= 15 is 0 Å². The Bertz CT molecular complexity index is 579. The van der Waals surface area contributed by atoms with Gasteiger partial charge in [-0.2, -0.15) is 0 Å². The minimum atomic E-state index is -0.643. The largest absolute Gasteiger partial charge is 0.306 e. The van der Waals surface area contributed by atoms with Crippen molar-refractivity contribution in [3.8, 4) is 0 Å². The molecule has 20 heavy (non-hydrogen) atoms. The van der Waals surface area contributed by atoms with Crippen molar-refractivity contribution in [2.45, 2.75) is 32.1 Å². The number of fused-ring (bicyclic) bond motifs is 1. The molecular weight excluding hydrogens is 270 g/mol. The van der Waals surface area contributed by atoms with Crippen LogP contribution in [-0.2, 0) is 9.59 Å². The first kappa shape index (κ1) is 13.4. The molecule has 1 aromatic carbocycles. The molecule has 0 aromatic heterocycles. The zero-order valence-corrected chi connectivity index (χ0v) is 12.3. The molecule has 2 aliphatic rings. The van der Waals surface area contributed by atoms with Crippen LogP contribution in [0.1, 0.15) is 37.7 Å². The summed E-state index contributed by atoms with van der Waals surface area (Å²) in [6.45, 7) is 2.76. The summed E-state index contributed by atoms with van der Waals surface area (Å²) in [7, 11) is 0. The van der Waals surface area contributed by atoms with Crippen molar-refractivity contribution >= 4 is 22.8 Å². The van der Waals surface area contributed by atoms with Crippen molar-refractivity contribution in [1.29, 1.82) is 0 Å². The summed E-state index contributed by atoms with van der Waals surface area (Å²) in [5.41, 5.74) is 1.97. The van der Waals surface area contributed by atoms with Crippen LogP contribution in [-0.4, -0.2) is 22.5 Å². The number of hydrogen-bond acceptors (Lipinski definition) is 3. The zero-order valence-electron chi connectivity index (χ0n) is 11.5. The van der Waals surface area contributed by atoms with Crippen LogP contribution >= 0.6 is 11.8 Å². The number of nitrogens with zero attached hydrogens (tertiary/aromatic N) is 1. The lowest BCUT2D eigenvalue weighted by Crippen LogP contribution is -2.41. The Hall–Kier alpha value is -1.55. The van der Waals surface area contributed by atoms with E-state index in [1.165, 1.54) is 17.3 Å². The first-order valence-corrected chi connectivity index (χ1v) is 7.78. The Morgan fingerprint density at radius 2 is 1.90 bits per heavy atom. The zero-order chi connectivity index (χ0) is 14.1. The number of amides is 1. The maximum Gasteiger partial charge on any atom is 0.243 e. The molecule has 1 aromatic rings. The minimum absolute atomic E-state index is 0.0475. The van der Waals surface area contributed by atoms with Gasteiger partial charge in [0.05, 0.1) is 5.03 Å². The molecule has 4 heteroatoms. The van der Waals surface area contributed by atoms with E-state index in [-0.39, 0.29) is 11.0 Å².